The number of hydrogen-bond acceptors (Lipinski definition) is 2. The zero-order valence-electron chi connectivity index (χ0n) is 9.64. The lowest BCUT2D eigenvalue weighted by atomic mass is 10.1. The van der Waals surface area contributed by atoms with Crippen LogP contribution in [0.1, 0.15) is 29.5 Å². The van der Waals surface area contributed by atoms with Gasteiger partial charge in [-0.25, -0.2) is 4.79 Å². The molecule has 0 radical (unpaired) electrons. The van der Waals surface area contributed by atoms with Crippen molar-refractivity contribution in [3.63, 3.8) is 0 Å². The third kappa shape index (κ3) is 2.38. The summed E-state index contributed by atoms with van der Waals surface area (Å²) in [4.78, 5) is 11.1. The van der Waals surface area contributed by atoms with E-state index in [9.17, 15) is 4.79 Å². The van der Waals surface area contributed by atoms with Crippen molar-refractivity contribution >= 4 is 5.97 Å². The summed E-state index contributed by atoms with van der Waals surface area (Å²) < 4.78 is 5.62. The van der Waals surface area contributed by atoms with Gasteiger partial charge in [-0.3, -0.25) is 0 Å². The molecule has 0 aliphatic rings. The molecule has 1 aromatic carbocycles. The molecule has 3 nitrogen and oxygen atoms in total. The van der Waals surface area contributed by atoms with Gasteiger partial charge in [0.1, 0.15) is 17.1 Å². The minimum atomic E-state index is -0.931. The molecule has 0 atom stereocenters. The Morgan fingerprint density at radius 3 is 2.59 bits per heavy atom. The average molecular weight is 230 g/mol. The highest BCUT2D eigenvalue weighted by molar-refractivity contribution is 5.90. The number of rotatable bonds is 4. The van der Waals surface area contributed by atoms with E-state index in [1.54, 1.807) is 6.07 Å². The summed E-state index contributed by atoms with van der Waals surface area (Å²) in [7, 11) is 0. The molecule has 2 rings (SSSR count). The first kappa shape index (κ1) is 11.5. The molecule has 3 heteroatoms. The van der Waals surface area contributed by atoms with Gasteiger partial charge in [0, 0.05) is 12.0 Å². The second kappa shape index (κ2) is 4.87. The van der Waals surface area contributed by atoms with E-state index in [4.69, 9.17) is 9.52 Å². The van der Waals surface area contributed by atoms with E-state index < -0.39 is 5.97 Å². The molecular formula is C14H14O3. The van der Waals surface area contributed by atoms with E-state index in [0.717, 1.165) is 12.0 Å². The standard InChI is InChI=1S/C14H14O3/c1-2-6-12-11(14(15)16)9-13(17-12)10-7-4-3-5-8-10/h3-5,7-9H,2,6H2,1H3,(H,15,16). The van der Waals surface area contributed by atoms with Crippen LogP contribution in [-0.4, -0.2) is 11.1 Å². The maximum Gasteiger partial charge on any atom is 0.339 e. The molecule has 0 aliphatic carbocycles. The second-order valence-electron chi connectivity index (χ2n) is 3.87. The summed E-state index contributed by atoms with van der Waals surface area (Å²) in [5, 5.41) is 9.09. The second-order valence-corrected chi connectivity index (χ2v) is 3.87. The molecule has 1 N–H and O–H groups in total. The predicted molar refractivity (Wildman–Crippen MR) is 65.1 cm³/mol. The van der Waals surface area contributed by atoms with Crippen LogP contribution >= 0.6 is 0 Å². The molecule has 0 unspecified atom stereocenters. The van der Waals surface area contributed by atoms with Crippen molar-refractivity contribution < 1.29 is 14.3 Å². The molecule has 17 heavy (non-hydrogen) atoms. The van der Waals surface area contributed by atoms with Gasteiger partial charge in [0.2, 0.25) is 0 Å². The maximum atomic E-state index is 11.1. The topological polar surface area (TPSA) is 50.4 Å². The minimum Gasteiger partial charge on any atom is -0.478 e. The van der Waals surface area contributed by atoms with Gasteiger partial charge in [0.15, 0.2) is 0 Å². The van der Waals surface area contributed by atoms with Crippen LogP contribution in [0.2, 0.25) is 0 Å². The third-order valence-electron chi connectivity index (χ3n) is 2.57. The lowest BCUT2D eigenvalue weighted by molar-refractivity contribution is 0.0694. The first-order valence-corrected chi connectivity index (χ1v) is 5.63. The van der Waals surface area contributed by atoms with Crippen LogP contribution in [0.4, 0.5) is 0 Å². The van der Waals surface area contributed by atoms with Crippen LogP contribution in [0.15, 0.2) is 40.8 Å². The minimum absolute atomic E-state index is 0.269. The Labute approximate surface area is 99.7 Å². The van der Waals surface area contributed by atoms with E-state index in [1.807, 2.05) is 37.3 Å². The third-order valence-corrected chi connectivity index (χ3v) is 2.57. The first-order chi connectivity index (χ1) is 8.22. The fourth-order valence-corrected chi connectivity index (χ4v) is 1.77. The molecule has 0 fully saturated rings. The molecule has 0 amide bonds. The number of carboxylic acids is 1. The van der Waals surface area contributed by atoms with Gasteiger partial charge >= 0.3 is 5.97 Å². The Hall–Kier alpha value is -2.03. The summed E-state index contributed by atoms with van der Waals surface area (Å²) in [6, 6.07) is 11.1. The summed E-state index contributed by atoms with van der Waals surface area (Å²) >= 11 is 0. The van der Waals surface area contributed by atoms with Crippen LogP contribution in [0, 0.1) is 0 Å². The van der Waals surface area contributed by atoms with E-state index in [0.29, 0.717) is 17.9 Å². The van der Waals surface area contributed by atoms with Gasteiger partial charge in [0.25, 0.3) is 0 Å². The number of furan rings is 1. The Balaban J connectivity index is 2.44. The van der Waals surface area contributed by atoms with Crippen LogP contribution in [-0.2, 0) is 6.42 Å². The summed E-state index contributed by atoms with van der Waals surface area (Å²) in [5.74, 6) is 0.240. The molecule has 1 heterocycles. The summed E-state index contributed by atoms with van der Waals surface area (Å²) in [5.41, 5.74) is 1.17. The van der Waals surface area contributed by atoms with Gasteiger partial charge < -0.3 is 9.52 Å². The van der Waals surface area contributed by atoms with E-state index >= 15 is 0 Å². The van der Waals surface area contributed by atoms with Crippen LogP contribution in [0.5, 0.6) is 0 Å². The van der Waals surface area contributed by atoms with Crippen molar-refractivity contribution in [2.75, 3.05) is 0 Å². The van der Waals surface area contributed by atoms with Crippen molar-refractivity contribution in [1.82, 2.24) is 0 Å². The summed E-state index contributed by atoms with van der Waals surface area (Å²) in [6.45, 7) is 2.00. The van der Waals surface area contributed by atoms with Gasteiger partial charge in [-0.15, -0.1) is 0 Å². The Morgan fingerprint density at radius 1 is 1.29 bits per heavy atom. The lowest BCUT2D eigenvalue weighted by Crippen LogP contribution is -1.98. The van der Waals surface area contributed by atoms with Gasteiger partial charge in [0.05, 0.1) is 0 Å². The van der Waals surface area contributed by atoms with Crippen molar-refractivity contribution in [2.24, 2.45) is 0 Å². The number of hydrogen-bond donors (Lipinski definition) is 1. The molecule has 0 aliphatic heterocycles. The molecule has 0 bridgehead atoms. The molecule has 0 saturated heterocycles. The fourth-order valence-electron chi connectivity index (χ4n) is 1.77. The van der Waals surface area contributed by atoms with Gasteiger partial charge in [-0.05, 0) is 12.5 Å². The van der Waals surface area contributed by atoms with E-state index in [-0.39, 0.29) is 5.56 Å². The summed E-state index contributed by atoms with van der Waals surface area (Å²) in [6.07, 6.45) is 1.51. The zero-order valence-corrected chi connectivity index (χ0v) is 9.64. The molecule has 0 saturated carbocycles. The largest absolute Gasteiger partial charge is 0.478 e. The molecule has 1 aromatic heterocycles. The van der Waals surface area contributed by atoms with Crippen LogP contribution < -0.4 is 0 Å². The monoisotopic (exact) mass is 230 g/mol. The highest BCUT2D eigenvalue weighted by atomic mass is 16.4. The van der Waals surface area contributed by atoms with Crippen molar-refractivity contribution in [3.05, 3.63) is 47.7 Å². The molecule has 2 aromatic rings. The molecular weight excluding hydrogens is 216 g/mol. The van der Waals surface area contributed by atoms with Crippen molar-refractivity contribution in [3.8, 4) is 11.3 Å². The van der Waals surface area contributed by atoms with E-state index in [1.165, 1.54) is 0 Å². The van der Waals surface area contributed by atoms with Crippen molar-refractivity contribution in [2.45, 2.75) is 19.8 Å². The van der Waals surface area contributed by atoms with Gasteiger partial charge in [-0.2, -0.15) is 0 Å². The molecule has 88 valence electrons. The quantitative estimate of drug-likeness (QED) is 0.873. The lowest BCUT2D eigenvalue weighted by Gasteiger charge is -1.96. The zero-order chi connectivity index (χ0) is 12.3. The molecule has 0 spiro atoms. The normalized spacial score (nSPS) is 10.4. The highest BCUT2D eigenvalue weighted by Crippen LogP contribution is 2.26. The smallest absolute Gasteiger partial charge is 0.339 e. The van der Waals surface area contributed by atoms with Crippen LogP contribution in [0.25, 0.3) is 11.3 Å². The fraction of sp³-hybridized carbons (Fsp3) is 0.214. The Morgan fingerprint density at radius 2 is 2.00 bits per heavy atom. The number of carbonyl (C=O) groups is 1. The van der Waals surface area contributed by atoms with E-state index in [2.05, 4.69) is 0 Å². The number of aromatic carboxylic acids is 1. The van der Waals surface area contributed by atoms with Crippen LogP contribution in [0.3, 0.4) is 0 Å². The number of benzene rings is 1. The average Bonchev–Trinajstić information content (AvgIpc) is 2.75. The Kier molecular flexibility index (Phi) is 3.28. The number of carboxylic acid groups (broad SMARTS) is 1. The predicted octanol–water partition coefficient (Wildman–Crippen LogP) is 3.60. The highest BCUT2D eigenvalue weighted by Gasteiger charge is 2.16. The first-order valence-electron chi connectivity index (χ1n) is 5.63. The Bertz CT molecular complexity index is 512. The maximum absolute atomic E-state index is 11.1. The number of aryl methyl sites for hydroxylation is 1. The van der Waals surface area contributed by atoms with Crippen molar-refractivity contribution in [1.29, 1.82) is 0 Å². The van der Waals surface area contributed by atoms with Gasteiger partial charge in [-0.1, -0.05) is 37.3 Å². The SMILES string of the molecule is CCCc1oc(-c2ccccc2)cc1C(=O)O.